The molecule has 2 N–H and O–H groups in total. The van der Waals surface area contributed by atoms with Gasteiger partial charge in [0.25, 0.3) is 0 Å². The van der Waals surface area contributed by atoms with E-state index < -0.39 is 23.7 Å². The van der Waals surface area contributed by atoms with Crippen LogP contribution in [0.2, 0.25) is 0 Å². The zero-order valence-corrected chi connectivity index (χ0v) is 20.1. The highest BCUT2D eigenvalue weighted by Crippen LogP contribution is 2.65. The molecular formula is C26H37F3N2O2. The lowest BCUT2D eigenvalue weighted by atomic mass is 9.48. The first kappa shape index (κ1) is 24.3. The Morgan fingerprint density at radius 2 is 1.85 bits per heavy atom. The second-order valence-electron chi connectivity index (χ2n) is 11.6. The van der Waals surface area contributed by atoms with E-state index in [1.807, 2.05) is 0 Å². The Morgan fingerprint density at radius 3 is 2.48 bits per heavy atom. The summed E-state index contributed by atoms with van der Waals surface area (Å²) < 4.78 is 40.0. The second-order valence-corrected chi connectivity index (χ2v) is 11.6. The molecule has 2 amide bonds. The number of carbonyl (C=O) groups is 2. The molecule has 0 spiro atoms. The molecule has 0 radical (unpaired) electrons. The zero-order chi connectivity index (χ0) is 24.3. The van der Waals surface area contributed by atoms with Crippen LogP contribution in [0.3, 0.4) is 0 Å². The summed E-state index contributed by atoms with van der Waals surface area (Å²) in [4.78, 5) is 25.3. The smallest absolute Gasteiger partial charge is 0.349 e. The average Bonchev–Trinajstić information content (AvgIpc) is 3.08. The standard InChI is InChI=1S/C26H37F3N2O2/c1-14(2)22(15(3)26(27,28)29)31-23(33)19-8-7-17-16-6-9-20-25(5,13-11-21(32)30-20)18(16)10-12-24(17,19)4/h11,13-14,16-20,22H,3,6-10,12H2,1-2,4-5H3,(H,30,32)(H,31,33)/t16-,17-,18-,19+,20+,22?,24-,25+/m0/s1. The molecule has 4 nitrogen and oxygen atoms in total. The van der Waals surface area contributed by atoms with Crippen LogP contribution in [-0.4, -0.2) is 30.1 Å². The fraction of sp³-hybridized carbons (Fsp3) is 0.769. The normalized spacial score (nSPS) is 41.0. The van der Waals surface area contributed by atoms with Crippen LogP contribution in [0.25, 0.3) is 0 Å². The summed E-state index contributed by atoms with van der Waals surface area (Å²) in [7, 11) is 0. The van der Waals surface area contributed by atoms with Gasteiger partial charge in [-0.3, -0.25) is 9.59 Å². The molecule has 7 heteroatoms. The number of halogens is 3. The Kier molecular flexibility index (Phi) is 6.02. The third-order valence-electron chi connectivity index (χ3n) is 9.71. The largest absolute Gasteiger partial charge is 0.414 e. The van der Waals surface area contributed by atoms with Crippen LogP contribution in [0.5, 0.6) is 0 Å². The molecule has 184 valence electrons. The summed E-state index contributed by atoms with van der Waals surface area (Å²) in [5, 5.41) is 5.89. The summed E-state index contributed by atoms with van der Waals surface area (Å²) in [6, 6.07) is -0.955. The molecule has 3 aliphatic carbocycles. The van der Waals surface area contributed by atoms with Gasteiger partial charge in [-0.25, -0.2) is 0 Å². The first-order valence-corrected chi connectivity index (χ1v) is 12.3. The van der Waals surface area contributed by atoms with E-state index >= 15 is 0 Å². The molecule has 3 fully saturated rings. The van der Waals surface area contributed by atoms with Gasteiger partial charge in [0, 0.05) is 22.9 Å². The Morgan fingerprint density at radius 1 is 1.15 bits per heavy atom. The van der Waals surface area contributed by atoms with Gasteiger partial charge in [0.05, 0.1) is 6.04 Å². The minimum atomic E-state index is -4.53. The van der Waals surface area contributed by atoms with E-state index in [1.165, 1.54) is 0 Å². The first-order valence-electron chi connectivity index (χ1n) is 12.3. The summed E-state index contributed by atoms with van der Waals surface area (Å²) in [6.07, 6.45) is 4.68. The Balaban J connectivity index is 1.53. The van der Waals surface area contributed by atoms with E-state index in [2.05, 4.69) is 37.1 Å². The lowest BCUT2D eigenvalue weighted by molar-refractivity contribution is -0.135. The van der Waals surface area contributed by atoms with Crippen LogP contribution in [0.15, 0.2) is 24.3 Å². The molecule has 0 aromatic carbocycles. The number of nitrogens with one attached hydrogen (secondary N) is 2. The molecule has 4 aliphatic rings. The predicted molar refractivity (Wildman–Crippen MR) is 121 cm³/mol. The highest BCUT2D eigenvalue weighted by atomic mass is 19.4. The highest BCUT2D eigenvalue weighted by molar-refractivity contribution is 5.89. The molecule has 33 heavy (non-hydrogen) atoms. The number of hydrogen-bond acceptors (Lipinski definition) is 2. The van der Waals surface area contributed by atoms with Crippen molar-refractivity contribution in [2.24, 2.45) is 40.4 Å². The minimum absolute atomic E-state index is 0.0191. The molecule has 1 heterocycles. The zero-order valence-electron chi connectivity index (χ0n) is 20.1. The first-order chi connectivity index (χ1) is 15.3. The lowest BCUT2D eigenvalue weighted by Gasteiger charge is -2.58. The van der Waals surface area contributed by atoms with E-state index in [0.717, 1.165) is 32.1 Å². The molecule has 0 aromatic rings. The minimum Gasteiger partial charge on any atom is -0.349 e. The topological polar surface area (TPSA) is 58.2 Å². The number of amides is 2. The molecular weight excluding hydrogens is 429 g/mol. The molecule has 1 aliphatic heterocycles. The van der Waals surface area contributed by atoms with Crippen molar-refractivity contribution in [2.45, 2.75) is 84.5 Å². The molecule has 0 saturated heterocycles. The SMILES string of the molecule is C=C(C(NC(=O)[C@H]1CC[C@H]2[C@@H]3CC[C@H]4NC(=O)C=C[C@]4(C)[C@H]3CC[C@]12C)C(C)C)C(F)(F)F. The molecule has 1 unspecified atom stereocenters. The van der Waals surface area contributed by atoms with Crippen LogP contribution in [0.1, 0.15) is 66.2 Å². The monoisotopic (exact) mass is 466 g/mol. The summed E-state index contributed by atoms with van der Waals surface area (Å²) in [5.74, 6) is 0.334. The summed E-state index contributed by atoms with van der Waals surface area (Å²) in [5.41, 5.74) is -1.17. The van der Waals surface area contributed by atoms with Gasteiger partial charge in [-0.1, -0.05) is 40.3 Å². The number of alkyl halides is 3. The number of carbonyl (C=O) groups excluding carboxylic acids is 2. The number of rotatable bonds is 4. The van der Waals surface area contributed by atoms with Crippen LogP contribution >= 0.6 is 0 Å². The number of hydrogen-bond donors (Lipinski definition) is 2. The van der Waals surface area contributed by atoms with Gasteiger partial charge < -0.3 is 10.6 Å². The van der Waals surface area contributed by atoms with E-state index in [4.69, 9.17) is 0 Å². The van der Waals surface area contributed by atoms with Crippen molar-refractivity contribution < 1.29 is 22.8 Å². The van der Waals surface area contributed by atoms with E-state index in [-0.39, 0.29) is 34.6 Å². The predicted octanol–water partition coefficient (Wildman–Crippen LogP) is 5.16. The molecule has 0 aromatic heterocycles. The van der Waals surface area contributed by atoms with Gasteiger partial charge in [0.1, 0.15) is 0 Å². The summed E-state index contributed by atoms with van der Waals surface area (Å²) in [6.45, 7) is 11.1. The Labute approximate surface area is 194 Å². The maximum Gasteiger partial charge on any atom is 0.414 e. The second kappa shape index (κ2) is 8.16. The molecule has 0 bridgehead atoms. The number of fused-ring (bicyclic) bond motifs is 5. The van der Waals surface area contributed by atoms with Gasteiger partial charge >= 0.3 is 6.18 Å². The van der Waals surface area contributed by atoms with Gasteiger partial charge in [0.2, 0.25) is 11.8 Å². The van der Waals surface area contributed by atoms with Crippen LogP contribution in [-0.2, 0) is 9.59 Å². The fourth-order valence-electron chi connectivity index (χ4n) is 7.85. The van der Waals surface area contributed by atoms with Crippen LogP contribution < -0.4 is 10.6 Å². The third kappa shape index (κ3) is 3.93. The van der Waals surface area contributed by atoms with Crippen LogP contribution in [0.4, 0.5) is 13.2 Å². The van der Waals surface area contributed by atoms with Crippen molar-refractivity contribution in [1.82, 2.24) is 10.6 Å². The Bertz CT molecular complexity index is 866. The molecule has 4 rings (SSSR count). The van der Waals surface area contributed by atoms with Crippen molar-refractivity contribution in [3.63, 3.8) is 0 Å². The van der Waals surface area contributed by atoms with E-state index in [1.54, 1.807) is 19.9 Å². The average molecular weight is 467 g/mol. The van der Waals surface area contributed by atoms with Crippen molar-refractivity contribution in [1.29, 1.82) is 0 Å². The van der Waals surface area contributed by atoms with Gasteiger partial charge in [-0.2, -0.15) is 13.2 Å². The van der Waals surface area contributed by atoms with Gasteiger partial charge in [-0.15, -0.1) is 0 Å². The van der Waals surface area contributed by atoms with Gasteiger partial charge in [0.15, 0.2) is 0 Å². The maximum absolute atomic E-state index is 13.4. The van der Waals surface area contributed by atoms with Crippen molar-refractivity contribution in [3.05, 3.63) is 24.3 Å². The van der Waals surface area contributed by atoms with Crippen molar-refractivity contribution in [2.75, 3.05) is 0 Å². The van der Waals surface area contributed by atoms with E-state index in [9.17, 15) is 22.8 Å². The Hall–Kier alpha value is -1.79. The van der Waals surface area contributed by atoms with Crippen molar-refractivity contribution >= 4 is 11.8 Å². The molecule has 3 saturated carbocycles. The third-order valence-corrected chi connectivity index (χ3v) is 9.71. The fourth-order valence-corrected chi connectivity index (χ4v) is 7.85. The summed E-state index contributed by atoms with van der Waals surface area (Å²) >= 11 is 0. The highest BCUT2D eigenvalue weighted by Gasteiger charge is 2.61. The van der Waals surface area contributed by atoms with Crippen molar-refractivity contribution in [3.8, 4) is 0 Å². The van der Waals surface area contributed by atoms with E-state index in [0.29, 0.717) is 24.2 Å². The molecule has 8 atom stereocenters. The quantitative estimate of drug-likeness (QED) is 0.563. The maximum atomic E-state index is 13.4. The lowest BCUT2D eigenvalue weighted by Crippen LogP contribution is -2.59. The van der Waals surface area contributed by atoms with Crippen LogP contribution in [0, 0.1) is 40.4 Å². The van der Waals surface area contributed by atoms with Gasteiger partial charge in [-0.05, 0) is 73.7 Å².